The number of piperidine rings is 1. The third-order valence-electron chi connectivity index (χ3n) is 3.64. The smallest absolute Gasteiger partial charge is 0.267 e. The summed E-state index contributed by atoms with van der Waals surface area (Å²) in [5, 5.41) is 3.81. The van der Waals surface area contributed by atoms with E-state index in [-0.39, 0.29) is 11.9 Å². The fraction of sp³-hybridized carbons (Fsp3) is 0.692. The molecule has 20 heavy (non-hydrogen) atoms. The predicted octanol–water partition coefficient (Wildman–Crippen LogP) is 1.32. The van der Waals surface area contributed by atoms with Crippen molar-refractivity contribution in [3.63, 3.8) is 0 Å². The van der Waals surface area contributed by atoms with Gasteiger partial charge >= 0.3 is 0 Å². The van der Waals surface area contributed by atoms with Crippen LogP contribution in [-0.4, -0.2) is 60.5 Å². The van der Waals surface area contributed by atoms with Gasteiger partial charge in [0.25, 0.3) is 5.91 Å². The predicted molar refractivity (Wildman–Crippen MR) is 83.3 cm³/mol. The third kappa shape index (κ3) is 3.21. The Morgan fingerprint density at radius 3 is 3.05 bits per heavy atom. The molecule has 3 N–H and O–H groups in total. The van der Waals surface area contributed by atoms with E-state index in [0.29, 0.717) is 15.8 Å². The number of likely N-dealkylation sites (N-methyl/N-ethyl adjacent to an activating group) is 2. The molecule has 1 aliphatic rings. The first-order valence-corrected chi connectivity index (χ1v) is 7.80. The van der Waals surface area contributed by atoms with Crippen molar-refractivity contribution in [3.8, 4) is 0 Å². The number of thiazole rings is 1. The number of anilines is 2. The number of amides is 1. The van der Waals surface area contributed by atoms with Crippen LogP contribution in [-0.2, 0) is 0 Å². The van der Waals surface area contributed by atoms with Gasteiger partial charge in [0.1, 0.15) is 10.7 Å². The van der Waals surface area contributed by atoms with Crippen molar-refractivity contribution in [2.24, 2.45) is 0 Å². The summed E-state index contributed by atoms with van der Waals surface area (Å²) in [5.41, 5.74) is 5.87. The SMILES string of the molecule is CCNc1nc(N)c(C(=O)N(C)C2CCCN(C)C2)s1. The summed E-state index contributed by atoms with van der Waals surface area (Å²) in [7, 11) is 3.95. The molecule has 0 aliphatic carbocycles. The normalized spacial score (nSPS) is 19.9. The summed E-state index contributed by atoms with van der Waals surface area (Å²) >= 11 is 1.33. The number of likely N-dealkylation sites (tertiary alicyclic amines) is 1. The maximum Gasteiger partial charge on any atom is 0.267 e. The molecule has 0 saturated carbocycles. The van der Waals surface area contributed by atoms with Crippen LogP contribution in [0.1, 0.15) is 29.4 Å². The number of rotatable bonds is 4. The van der Waals surface area contributed by atoms with Crippen molar-refractivity contribution in [2.45, 2.75) is 25.8 Å². The minimum atomic E-state index is -0.0237. The van der Waals surface area contributed by atoms with Crippen molar-refractivity contribution in [1.82, 2.24) is 14.8 Å². The number of carbonyl (C=O) groups is 1. The van der Waals surface area contributed by atoms with Gasteiger partial charge in [-0.3, -0.25) is 4.79 Å². The largest absolute Gasteiger partial charge is 0.382 e. The van der Waals surface area contributed by atoms with Gasteiger partial charge in [-0.05, 0) is 33.4 Å². The fourth-order valence-corrected chi connectivity index (χ4v) is 3.43. The van der Waals surface area contributed by atoms with Crippen LogP contribution in [0.3, 0.4) is 0 Å². The number of nitrogens with one attached hydrogen (secondary N) is 1. The van der Waals surface area contributed by atoms with E-state index in [1.165, 1.54) is 11.3 Å². The highest BCUT2D eigenvalue weighted by molar-refractivity contribution is 7.18. The zero-order valence-corrected chi connectivity index (χ0v) is 13.2. The maximum absolute atomic E-state index is 12.6. The summed E-state index contributed by atoms with van der Waals surface area (Å²) in [5.74, 6) is 0.302. The van der Waals surface area contributed by atoms with E-state index >= 15 is 0 Å². The molecule has 1 saturated heterocycles. The van der Waals surface area contributed by atoms with Crippen molar-refractivity contribution in [2.75, 3.05) is 44.8 Å². The summed E-state index contributed by atoms with van der Waals surface area (Å²) in [6, 6.07) is 0.255. The molecule has 7 heteroatoms. The first-order valence-electron chi connectivity index (χ1n) is 6.98. The molecule has 2 rings (SSSR count). The quantitative estimate of drug-likeness (QED) is 0.877. The topological polar surface area (TPSA) is 74.5 Å². The molecule has 1 atom stereocenters. The maximum atomic E-state index is 12.6. The number of carbonyl (C=O) groups excluding carboxylic acids is 1. The van der Waals surface area contributed by atoms with E-state index in [0.717, 1.165) is 32.5 Å². The minimum Gasteiger partial charge on any atom is -0.382 e. The number of hydrogen-bond donors (Lipinski definition) is 2. The van der Waals surface area contributed by atoms with Crippen LogP contribution < -0.4 is 11.1 Å². The number of nitrogen functional groups attached to an aromatic ring is 1. The van der Waals surface area contributed by atoms with Crippen molar-refractivity contribution >= 4 is 28.2 Å². The van der Waals surface area contributed by atoms with E-state index in [4.69, 9.17) is 5.73 Å². The zero-order valence-electron chi connectivity index (χ0n) is 12.3. The Hall–Kier alpha value is -1.34. The van der Waals surface area contributed by atoms with Crippen molar-refractivity contribution < 1.29 is 4.79 Å². The number of aromatic nitrogens is 1. The van der Waals surface area contributed by atoms with Gasteiger partial charge in [-0.2, -0.15) is 0 Å². The van der Waals surface area contributed by atoms with Crippen LogP contribution in [0.15, 0.2) is 0 Å². The van der Waals surface area contributed by atoms with Gasteiger partial charge in [-0.15, -0.1) is 0 Å². The monoisotopic (exact) mass is 297 g/mol. The molecule has 6 nitrogen and oxygen atoms in total. The van der Waals surface area contributed by atoms with Crippen LogP contribution >= 0.6 is 11.3 Å². The lowest BCUT2D eigenvalue weighted by Crippen LogP contribution is -2.47. The van der Waals surface area contributed by atoms with Gasteiger partial charge in [-0.25, -0.2) is 4.98 Å². The molecule has 1 fully saturated rings. The van der Waals surface area contributed by atoms with Gasteiger partial charge in [0.05, 0.1) is 0 Å². The Bertz CT molecular complexity index is 475. The Kier molecular flexibility index (Phi) is 4.82. The molecule has 0 aromatic carbocycles. The van der Waals surface area contributed by atoms with Crippen LogP contribution in [0.5, 0.6) is 0 Å². The molecule has 1 aromatic heterocycles. The molecular formula is C13H23N5OS. The average Bonchev–Trinajstić information content (AvgIpc) is 2.78. The second kappa shape index (κ2) is 6.41. The lowest BCUT2D eigenvalue weighted by molar-refractivity contribution is 0.0649. The third-order valence-corrected chi connectivity index (χ3v) is 4.66. The molecule has 1 unspecified atom stereocenters. The Labute approximate surface area is 124 Å². The van der Waals surface area contributed by atoms with E-state index in [2.05, 4.69) is 22.2 Å². The number of nitrogens with two attached hydrogens (primary N) is 1. The lowest BCUT2D eigenvalue weighted by Gasteiger charge is -2.35. The van der Waals surface area contributed by atoms with Crippen molar-refractivity contribution in [1.29, 1.82) is 0 Å². The molecule has 112 valence electrons. The minimum absolute atomic E-state index is 0.0237. The molecule has 1 amide bonds. The molecule has 0 spiro atoms. The summed E-state index contributed by atoms with van der Waals surface area (Å²) < 4.78 is 0. The van der Waals surface area contributed by atoms with E-state index < -0.39 is 0 Å². The molecule has 1 aliphatic heterocycles. The Morgan fingerprint density at radius 2 is 2.40 bits per heavy atom. The average molecular weight is 297 g/mol. The van der Waals surface area contributed by atoms with E-state index in [1.54, 1.807) is 0 Å². The van der Waals surface area contributed by atoms with Gasteiger partial charge in [0.15, 0.2) is 5.13 Å². The highest BCUT2D eigenvalue weighted by Crippen LogP contribution is 2.27. The van der Waals surface area contributed by atoms with Gasteiger partial charge in [0, 0.05) is 26.2 Å². The molecule has 0 radical (unpaired) electrons. The van der Waals surface area contributed by atoms with Crippen LogP contribution in [0.4, 0.5) is 10.9 Å². The highest BCUT2D eigenvalue weighted by atomic mass is 32.1. The molecular weight excluding hydrogens is 274 g/mol. The van der Waals surface area contributed by atoms with Gasteiger partial charge in [0.2, 0.25) is 0 Å². The van der Waals surface area contributed by atoms with Crippen molar-refractivity contribution in [3.05, 3.63) is 4.88 Å². The first kappa shape index (κ1) is 15.1. The van der Waals surface area contributed by atoms with E-state index in [9.17, 15) is 4.79 Å². The highest BCUT2D eigenvalue weighted by Gasteiger charge is 2.27. The fourth-order valence-electron chi connectivity index (χ4n) is 2.49. The van der Waals surface area contributed by atoms with Crippen LogP contribution in [0, 0.1) is 0 Å². The number of hydrogen-bond acceptors (Lipinski definition) is 6. The second-order valence-electron chi connectivity index (χ2n) is 5.24. The first-order chi connectivity index (χ1) is 9.52. The Balaban J connectivity index is 2.09. The zero-order chi connectivity index (χ0) is 14.7. The molecule has 2 heterocycles. The number of nitrogens with zero attached hydrogens (tertiary/aromatic N) is 3. The van der Waals surface area contributed by atoms with Crippen LogP contribution in [0.25, 0.3) is 0 Å². The molecule has 0 bridgehead atoms. The summed E-state index contributed by atoms with van der Waals surface area (Å²) in [6.07, 6.45) is 2.17. The Morgan fingerprint density at radius 1 is 1.65 bits per heavy atom. The second-order valence-corrected chi connectivity index (χ2v) is 6.24. The standard InChI is InChI=1S/C13H23N5OS/c1-4-15-13-16-11(14)10(20-13)12(19)18(3)9-6-5-7-17(2)8-9/h9H,4-8,14H2,1-3H3,(H,15,16). The van der Waals surface area contributed by atoms with Crippen LogP contribution in [0.2, 0.25) is 0 Å². The van der Waals surface area contributed by atoms with Gasteiger partial charge < -0.3 is 20.9 Å². The summed E-state index contributed by atoms with van der Waals surface area (Å²) in [6.45, 7) is 4.78. The van der Waals surface area contributed by atoms with Gasteiger partial charge in [-0.1, -0.05) is 11.3 Å². The lowest BCUT2D eigenvalue weighted by atomic mass is 10.0. The van der Waals surface area contributed by atoms with E-state index in [1.807, 2.05) is 18.9 Å². The summed E-state index contributed by atoms with van der Waals surface area (Å²) in [4.78, 5) is 21.4. The molecule has 1 aromatic rings.